The number of methoxy groups -OCH3 is 2. The monoisotopic (exact) mass is 517 g/mol. The number of nitrogens with zero attached hydrogens (tertiary/aromatic N) is 1. The van der Waals surface area contributed by atoms with Crippen molar-refractivity contribution >= 4 is 46.3 Å². The van der Waals surface area contributed by atoms with Gasteiger partial charge in [-0.3, -0.25) is 14.5 Å². The topological polar surface area (TPSA) is 175 Å². The Morgan fingerprint density at radius 2 is 1.79 bits per heavy atom. The van der Waals surface area contributed by atoms with Crippen LogP contribution in [0.15, 0.2) is 17.0 Å². The molecule has 2 aliphatic rings. The predicted molar refractivity (Wildman–Crippen MR) is 121 cm³/mol. The van der Waals surface area contributed by atoms with Crippen molar-refractivity contribution in [2.45, 2.75) is 30.7 Å². The minimum absolute atomic E-state index is 0.00935. The number of carboxylic acids is 1. The molecule has 2 saturated heterocycles. The number of carboxylic acid groups (broad SMARTS) is 1. The SMILES string of the molecule is COc1cc(C=C2SC(=S)N(CC(=O)O)C2=O)cc(OC)c1O[C@@H]1O[C@H](CO)[C@H](O)[C@H](O)[C@H]1O. The second-order valence-electron chi connectivity index (χ2n) is 7.23. The molecule has 0 spiro atoms. The number of ether oxygens (including phenoxy) is 4. The molecule has 0 aromatic heterocycles. The molecule has 2 fully saturated rings. The minimum Gasteiger partial charge on any atom is -0.493 e. The van der Waals surface area contributed by atoms with Gasteiger partial charge in [-0.2, -0.15) is 0 Å². The molecular weight excluding hydrogens is 494 g/mol. The number of benzene rings is 1. The quantitative estimate of drug-likeness (QED) is 0.214. The van der Waals surface area contributed by atoms with Gasteiger partial charge in [-0.25, -0.2) is 0 Å². The van der Waals surface area contributed by atoms with Crippen LogP contribution < -0.4 is 14.2 Å². The van der Waals surface area contributed by atoms with Crippen LogP contribution in [0.3, 0.4) is 0 Å². The van der Waals surface area contributed by atoms with Crippen molar-refractivity contribution in [2.24, 2.45) is 0 Å². The number of hydrogen-bond acceptors (Lipinski definition) is 12. The summed E-state index contributed by atoms with van der Waals surface area (Å²) in [5.74, 6) is -1.54. The molecule has 0 bridgehead atoms. The first-order valence-corrected chi connectivity index (χ1v) is 11.0. The highest BCUT2D eigenvalue weighted by molar-refractivity contribution is 8.26. The number of hydrogen-bond donors (Lipinski definition) is 5. The van der Waals surface area contributed by atoms with Crippen LogP contribution >= 0.6 is 24.0 Å². The van der Waals surface area contributed by atoms with Crippen LogP contribution in [0.25, 0.3) is 6.08 Å². The number of aliphatic carboxylic acids is 1. The van der Waals surface area contributed by atoms with Gasteiger partial charge >= 0.3 is 5.97 Å². The van der Waals surface area contributed by atoms with Crippen LogP contribution in [0.2, 0.25) is 0 Å². The first kappa shape index (κ1) is 26.2. The normalized spacial score (nSPS) is 28.4. The highest BCUT2D eigenvalue weighted by Crippen LogP contribution is 2.42. The maximum absolute atomic E-state index is 12.5. The van der Waals surface area contributed by atoms with Gasteiger partial charge in [-0.1, -0.05) is 24.0 Å². The van der Waals surface area contributed by atoms with Crippen LogP contribution in [0.1, 0.15) is 5.56 Å². The summed E-state index contributed by atoms with van der Waals surface area (Å²) >= 11 is 6.03. The molecule has 186 valence electrons. The van der Waals surface area contributed by atoms with Crippen molar-refractivity contribution in [3.05, 3.63) is 22.6 Å². The van der Waals surface area contributed by atoms with Gasteiger partial charge in [-0.05, 0) is 23.8 Å². The molecule has 1 aromatic rings. The Labute approximate surface area is 203 Å². The number of aliphatic hydroxyl groups excluding tert-OH is 4. The Bertz CT molecular complexity index is 974. The Morgan fingerprint density at radius 1 is 1.18 bits per heavy atom. The molecule has 1 amide bonds. The highest BCUT2D eigenvalue weighted by atomic mass is 32.2. The summed E-state index contributed by atoms with van der Waals surface area (Å²) in [4.78, 5) is 24.7. The number of carbonyl (C=O) groups excluding carboxylic acids is 1. The largest absolute Gasteiger partial charge is 0.493 e. The van der Waals surface area contributed by atoms with Gasteiger partial charge in [0.1, 0.15) is 35.3 Å². The molecule has 0 aliphatic carbocycles. The van der Waals surface area contributed by atoms with Crippen LogP contribution in [-0.4, -0.2) is 105 Å². The number of rotatable bonds is 8. The first-order valence-electron chi connectivity index (χ1n) is 9.81. The Morgan fingerprint density at radius 3 is 2.32 bits per heavy atom. The third-order valence-electron chi connectivity index (χ3n) is 5.03. The Kier molecular flexibility index (Phi) is 8.35. The van der Waals surface area contributed by atoms with Gasteiger partial charge in [0.2, 0.25) is 12.0 Å². The van der Waals surface area contributed by atoms with Crippen LogP contribution in [0.5, 0.6) is 17.2 Å². The summed E-state index contributed by atoms with van der Waals surface area (Å²) in [6.45, 7) is -1.18. The van der Waals surface area contributed by atoms with Gasteiger partial charge < -0.3 is 44.5 Å². The number of thiocarbonyl (C=S) groups is 1. The third kappa shape index (κ3) is 5.27. The molecule has 2 heterocycles. The van der Waals surface area contributed by atoms with Gasteiger partial charge in [-0.15, -0.1) is 0 Å². The highest BCUT2D eigenvalue weighted by Gasteiger charge is 2.45. The van der Waals surface area contributed by atoms with E-state index in [1.54, 1.807) is 0 Å². The summed E-state index contributed by atoms with van der Waals surface area (Å²) in [7, 11) is 2.68. The summed E-state index contributed by atoms with van der Waals surface area (Å²) in [6, 6.07) is 2.98. The van der Waals surface area contributed by atoms with Crippen molar-refractivity contribution in [2.75, 3.05) is 27.4 Å². The van der Waals surface area contributed by atoms with Gasteiger partial charge in [0.05, 0.1) is 25.7 Å². The molecule has 14 heteroatoms. The fraction of sp³-hybridized carbons (Fsp3) is 0.450. The molecule has 1 aromatic carbocycles. The lowest BCUT2D eigenvalue weighted by atomic mass is 9.99. The lowest BCUT2D eigenvalue weighted by molar-refractivity contribution is -0.277. The van der Waals surface area contributed by atoms with E-state index < -0.39 is 55.7 Å². The number of carbonyl (C=O) groups is 2. The molecule has 3 rings (SSSR count). The smallest absolute Gasteiger partial charge is 0.323 e. The van der Waals surface area contributed by atoms with E-state index in [4.69, 9.17) is 36.3 Å². The van der Waals surface area contributed by atoms with Gasteiger partial charge in [0, 0.05) is 0 Å². The van der Waals surface area contributed by atoms with E-state index in [0.29, 0.717) is 5.56 Å². The minimum atomic E-state index is -1.65. The van der Waals surface area contributed by atoms with E-state index in [1.165, 1.54) is 32.4 Å². The molecule has 0 unspecified atom stereocenters. The zero-order valence-electron chi connectivity index (χ0n) is 18.0. The van der Waals surface area contributed by atoms with E-state index in [0.717, 1.165) is 16.7 Å². The van der Waals surface area contributed by atoms with Gasteiger partial charge in [0.15, 0.2) is 11.5 Å². The Balaban J connectivity index is 1.91. The molecule has 0 radical (unpaired) electrons. The molecule has 2 aliphatic heterocycles. The van der Waals surface area contributed by atoms with Gasteiger partial charge in [0.25, 0.3) is 5.91 Å². The van der Waals surface area contributed by atoms with E-state index in [2.05, 4.69) is 0 Å². The van der Waals surface area contributed by atoms with Crippen molar-refractivity contribution in [1.29, 1.82) is 0 Å². The van der Waals surface area contributed by atoms with Crippen LogP contribution in [0.4, 0.5) is 0 Å². The third-order valence-corrected chi connectivity index (χ3v) is 6.41. The van der Waals surface area contributed by atoms with Crippen molar-refractivity contribution in [1.82, 2.24) is 4.90 Å². The van der Waals surface area contributed by atoms with E-state index in [1.807, 2.05) is 0 Å². The number of thioether (sulfide) groups is 1. The molecule has 12 nitrogen and oxygen atoms in total. The summed E-state index contributed by atoms with van der Waals surface area (Å²) < 4.78 is 21.9. The maximum atomic E-state index is 12.5. The predicted octanol–water partition coefficient (Wildman–Crippen LogP) is -0.832. The summed E-state index contributed by atoms with van der Waals surface area (Å²) in [6.07, 6.45) is -6.01. The number of amides is 1. The zero-order valence-corrected chi connectivity index (χ0v) is 19.6. The van der Waals surface area contributed by atoms with Crippen LogP contribution in [0, 0.1) is 0 Å². The second-order valence-corrected chi connectivity index (χ2v) is 8.91. The van der Waals surface area contributed by atoms with Crippen molar-refractivity contribution in [3.63, 3.8) is 0 Å². The summed E-state index contributed by atoms with van der Waals surface area (Å²) in [5.41, 5.74) is 0.436. The first-order chi connectivity index (χ1) is 16.1. The summed E-state index contributed by atoms with van der Waals surface area (Å²) in [5, 5.41) is 48.5. The average molecular weight is 518 g/mol. The molecule has 34 heavy (non-hydrogen) atoms. The second kappa shape index (κ2) is 10.9. The average Bonchev–Trinajstić information content (AvgIpc) is 3.06. The molecule has 5 N–H and O–H groups in total. The standard InChI is InChI=1S/C20H23NO11S2/c1-29-9-3-8(5-12-18(28)21(6-13(23)24)20(33)34-12)4-10(30-2)17(9)32-19-16(27)15(26)14(25)11(7-22)31-19/h3-5,11,14-16,19,22,25-27H,6-7H2,1-2H3,(H,23,24)/t11-,14+,15+,16-,19+/m1/s1. The molecule has 0 saturated carbocycles. The van der Waals surface area contributed by atoms with E-state index in [-0.39, 0.29) is 26.5 Å². The number of aliphatic hydroxyl groups is 4. The lowest BCUT2D eigenvalue weighted by Gasteiger charge is -2.39. The maximum Gasteiger partial charge on any atom is 0.323 e. The van der Waals surface area contributed by atoms with E-state index >= 15 is 0 Å². The van der Waals surface area contributed by atoms with E-state index in [9.17, 15) is 30.0 Å². The Hall–Kier alpha value is -2.46. The van der Waals surface area contributed by atoms with Crippen molar-refractivity contribution in [3.8, 4) is 17.2 Å². The fourth-order valence-electron chi connectivity index (χ4n) is 3.30. The molecular formula is C20H23NO11S2. The molecule has 5 atom stereocenters. The fourth-order valence-corrected chi connectivity index (χ4v) is 4.56. The van der Waals surface area contributed by atoms with Crippen LogP contribution in [-0.2, 0) is 14.3 Å². The zero-order chi connectivity index (χ0) is 25.2. The lowest BCUT2D eigenvalue weighted by Crippen LogP contribution is -2.60. The van der Waals surface area contributed by atoms with Crippen molar-refractivity contribution < 1.29 is 54.1 Å².